The number of hydrogen-bond acceptors (Lipinski definition) is 10. The van der Waals surface area contributed by atoms with Gasteiger partial charge in [0.25, 0.3) is 0 Å². The molecule has 4 rings (SSSR count). The fourth-order valence-corrected chi connectivity index (χ4v) is 4.74. The van der Waals surface area contributed by atoms with E-state index in [1.165, 1.54) is 0 Å². The molecule has 5 amide bonds. The third-order valence-corrected chi connectivity index (χ3v) is 6.97. The predicted molar refractivity (Wildman–Crippen MR) is 141 cm³/mol. The smallest absolute Gasteiger partial charge is 0.534 e. The Kier molecular flexibility index (Phi) is 9.19. The van der Waals surface area contributed by atoms with Gasteiger partial charge in [-0.2, -0.15) is 0 Å². The van der Waals surface area contributed by atoms with Gasteiger partial charge in [0, 0.05) is 25.7 Å². The Labute approximate surface area is 246 Å². The van der Waals surface area contributed by atoms with Crippen molar-refractivity contribution in [3.05, 3.63) is 52.3 Å². The first kappa shape index (κ1) is 31.9. The number of carbonyl (C=O) groups is 5. The summed E-state index contributed by atoms with van der Waals surface area (Å²) in [6.45, 7) is -0.128. The molecule has 1 fully saturated rings. The quantitative estimate of drug-likeness (QED) is 0.108. The molecule has 1 unspecified atom stereocenters. The highest BCUT2D eigenvalue weighted by Gasteiger charge is 2.43. The number of amides is 5. The highest BCUT2D eigenvalue weighted by molar-refractivity contribution is 6.47. The average Bonchev–Trinajstić information content (AvgIpc) is 2.96. The van der Waals surface area contributed by atoms with Crippen LogP contribution in [-0.2, 0) is 20.8 Å². The highest BCUT2D eigenvalue weighted by atomic mass is 19.1. The number of phenolic OH excluding ortho intramolecular Hbond substituents is 2. The number of halogens is 3. The largest absolute Gasteiger partial charge is 0.547 e. The van der Waals surface area contributed by atoms with Crippen molar-refractivity contribution in [3.8, 4) is 17.2 Å². The van der Waals surface area contributed by atoms with E-state index >= 15 is 4.39 Å². The number of rotatable bonds is 8. The third kappa shape index (κ3) is 6.04. The molecule has 2 aromatic carbocycles. The summed E-state index contributed by atoms with van der Waals surface area (Å²) < 4.78 is 49.2. The van der Waals surface area contributed by atoms with Crippen LogP contribution in [0.4, 0.5) is 18.0 Å². The van der Waals surface area contributed by atoms with Crippen molar-refractivity contribution < 1.29 is 62.1 Å². The van der Waals surface area contributed by atoms with Crippen molar-refractivity contribution in [1.82, 2.24) is 20.4 Å². The van der Waals surface area contributed by atoms with E-state index in [1.807, 2.05) is 5.32 Å². The standard InChI is InChI=1S/C25H25BF3N5O10/c27-11-3-2-10-8-14(26(43)44-20(10)16(11)24(40)41)31-21(37)18(15-12(28)9-13(35)19(36)17(15)29)32-25(42)34-7-6-33(5-1-4-30)22(38)23(34)39/h2-3,9,14,18,35-36,43H,1,4-8,30H2,(H,31,37)(H,32,42)(H,40,41)/t14-,18?/m0/s1. The summed E-state index contributed by atoms with van der Waals surface area (Å²) in [5.74, 6) is -14.9. The van der Waals surface area contributed by atoms with Crippen LogP contribution in [0.1, 0.15) is 33.9 Å². The Morgan fingerprint density at radius 2 is 1.82 bits per heavy atom. The Hall–Kier alpha value is -5.04. The van der Waals surface area contributed by atoms with Crippen molar-refractivity contribution in [2.75, 3.05) is 26.2 Å². The minimum absolute atomic E-state index is 0.0243. The monoisotopic (exact) mass is 623 g/mol. The minimum atomic E-state index is -2.39. The number of nitrogens with two attached hydrogens (primary N) is 1. The molecule has 44 heavy (non-hydrogen) atoms. The van der Waals surface area contributed by atoms with E-state index in [0.29, 0.717) is 11.3 Å². The van der Waals surface area contributed by atoms with E-state index in [1.54, 1.807) is 0 Å². The first-order valence-electron chi connectivity index (χ1n) is 13.0. The summed E-state index contributed by atoms with van der Waals surface area (Å²) in [6, 6.07) is -1.64. The molecule has 15 nitrogen and oxygen atoms in total. The first-order chi connectivity index (χ1) is 20.8. The molecule has 2 atom stereocenters. The molecular weight excluding hydrogens is 598 g/mol. The van der Waals surface area contributed by atoms with E-state index < -0.39 is 94.7 Å². The van der Waals surface area contributed by atoms with Gasteiger partial charge in [-0.25, -0.2) is 22.8 Å². The van der Waals surface area contributed by atoms with Crippen molar-refractivity contribution in [2.45, 2.75) is 24.8 Å². The number of aromatic hydroxyl groups is 2. The number of carboxylic acids is 1. The second kappa shape index (κ2) is 12.7. The number of nitrogens with zero attached hydrogens (tertiary/aromatic N) is 2. The van der Waals surface area contributed by atoms with Crippen LogP contribution in [0, 0.1) is 17.5 Å². The number of nitrogens with one attached hydrogen (secondary N) is 2. The van der Waals surface area contributed by atoms with Crippen molar-refractivity contribution in [1.29, 1.82) is 0 Å². The number of piperazine rings is 1. The number of fused-ring (bicyclic) bond motifs is 1. The van der Waals surface area contributed by atoms with E-state index in [9.17, 15) is 53.1 Å². The molecule has 0 aliphatic carbocycles. The van der Waals surface area contributed by atoms with Crippen LogP contribution < -0.4 is 21.0 Å². The summed E-state index contributed by atoms with van der Waals surface area (Å²) in [4.78, 5) is 64.6. The summed E-state index contributed by atoms with van der Waals surface area (Å²) in [7, 11) is -2.02. The predicted octanol–water partition coefficient (Wildman–Crippen LogP) is -0.877. The summed E-state index contributed by atoms with van der Waals surface area (Å²) in [6.07, 6.45) is -0.0167. The molecular formula is C25H25BF3N5O10. The van der Waals surface area contributed by atoms with Crippen molar-refractivity contribution in [3.63, 3.8) is 0 Å². The molecule has 8 N–H and O–H groups in total. The van der Waals surface area contributed by atoms with Crippen molar-refractivity contribution in [2.24, 2.45) is 5.73 Å². The van der Waals surface area contributed by atoms with E-state index in [-0.39, 0.29) is 44.2 Å². The number of hydrogen-bond donors (Lipinski definition) is 7. The number of urea groups is 1. The highest BCUT2D eigenvalue weighted by Crippen LogP contribution is 2.36. The second-order valence-electron chi connectivity index (χ2n) is 9.77. The van der Waals surface area contributed by atoms with Crippen LogP contribution in [0.2, 0.25) is 0 Å². The van der Waals surface area contributed by atoms with Gasteiger partial charge in [-0.1, -0.05) is 6.07 Å². The van der Waals surface area contributed by atoms with Crippen LogP contribution in [0.3, 0.4) is 0 Å². The third-order valence-electron chi connectivity index (χ3n) is 6.97. The molecule has 234 valence electrons. The number of carbonyl (C=O) groups excluding carboxylic acids is 4. The van der Waals surface area contributed by atoms with Gasteiger partial charge in [0.05, 0.1) is 11.5 Å². The zero-order chi connectivity index (χ0) is 32.5. The molecule has 0 bridgehead atoms. The molecule has 2 aliphatic rings. The molecule has 1 saturated heterocycles. The number of phenols is 2. The van der Waals surface area contributed by atoms with E-state index in [2.05, 4.69) is 5.32 Å². The fraction of sp³-hybridized carbons (Fsp3) is 0.320. The number of imide groups is 1. The number of aromatic carboxylic acids is 1. The fourth-order valence-electron chi connectivity index (χ4n) is 4.74. The van der Waals surface area contributed by atoms with Gasteiger partial charge in [-0.15, -0.1) is 0 Å². The van der Waals surface area contributed by atoms with Crippen LogP contribution in [0.25, 0.3) is 0 Å². The lowest BCUT2D eigenvalue weighted by atomic mass is 9.72. The zero-order valence-electron chi connectivity index (χ0n) is 22.6. The molecule has 0 saturated carbocycles. The van der Waals surface area contributed by atoms with Crippen molar-refractivity contribution >= 4 is 36.8 Å². The summed E-state index contributed by atoms with van der Waals surface area (Å²) >= 11 is 0. The maximum absolute atomic E-state index is 15.0. The zero-order valence-corrected chi connectivity index (χ0v) is 22.6. The summed E-state index contributed by atoms with van der Waals surface area (Å²) in [5, 5.41) is 43.4. The van der Waals surface area contributed by atoms with Gasteiger partial charge >= 0.3 is 30.9 Å². The normalized spacial score (nSPS) is 17.1. The van der Waals surface area contributed by atoms with Gasteiger partial charge in [-0.05, 0) is 31.0 Å². The van der Waals surface area contributed by atoms with Crippen LogP contribution in [0.15, 0.2) is 18.2 Å². The minimum Gasteiger partial charge on any atom is -0.534 e. The summed E-state index contributed by atoms with van der Waals surface area (Å²) in [5.41, 5.74) is 3.27. The Balaban J connectivity index is 1.63. The topological polar surface area (TPSA) is 232 Å². The van der Waals surface area contributed by atoms with Gasteiger partial charge in [0.15, 0.2) is 17.3 Å². The average molecular weight is 623 g/mol. The molecule has 0 radical (unpaired) electrons. The Morgan fingerprint density at radius 1 is 1.11 bits per heavy atom. The van der Waals surface area contributed by atoms with E-state index in [4.69, 9.17) is 10.4 Å². The number of carboxylic acid groups (broad SMARTS) is 1. The maximum Gasteiger partial charge on any atom is 0.547 e. The van der Waals surface area contributed by atoms with Crippen LogP contribution >= 0.6 is 0 Å². The Morgan fingerprint density at radius 3 is 2.48 bits per heavy atom. The molecule has 19 heteroatoms. The van der Waals surface area contributed by atoms with Crippen LogP contribution in [-0.4, -0.2) is 99.1 Å². The van der Waals surface area contributed by atoms with Gasteiger partial charge in [-0.3, -0.25) is 19.3 Å². The van der Waals surface area contributed by atoms with E-state index in [0.717, 1.165) is 17.0 Å². The molecule has 2 aromatic rings. The lowest BCUT2D eigenvalue weighted by Gasteiger charge is -2.34. The lowest BCUT2D eigenvalue weighted by Crippen LogP contribution is -2.60. The van der Waals surface area contributed by atoms with Gasteiger partial charge in [0.1, 0.15) is 29.0 Å². The SMILES string of the molecule is NCCCN1CCN(C(=O)NC(C(=O)N[C@H]2Cc3ccc(F)c(C(=O)O)c3OB2O)c2c(F)cc(O)c(O)c2F)C(=O)C1=O. The molecule has 2 heterocycles. The number of benzene rings is 2. The lowest BCUT2D eigenvalue weighted by molar-refractivity contribution is -0.153. The van der Waals surface area contributed by atoms with Crippen LogP contribution in [0.5, 0.6) is 17.2 Å². The second-order valence-corrected chi connectivity index (χ2v) is 9.77. The maximum atomic E-state index is 15.0. The molecule has 0 spiro atoms. The Bertz CT molecular complexity index is 1550. The molecule has 0 aromatic heterocycles. The molecule has 2 aliphatic heterocycles. The first-order valence-corrected chi connectivity index (χ1v) is 13.0. The van der Waals surface area contributed by atoms with Gasteiger partial charge < -0.3 is 46.3 Å². The van der Waals surface area contributed by atoms with Gasteiger partial charge in [0.2, 0.25) is 5.91 Å².